The number of thiazole rings is 1. The van der Waals surface area contributed by atoms with E-state index in [0.29, 0.717) is 19.7 Å². The lowest BCUT2D eigenvalue weighted by Crippen LogP contribution is -2.34. The van der Waals surface area contributed by atoms with Gasteiger partial charge in [-0.05, 0) is 50.1 Å². The molecule has 1 heterocycles. The Kier molecular flexibility index (Phi) is 7.25. The van der Waals surface area contributed by atoms with Crippen LogP contribution in [0, 0.1) is 20.8 Å². The topological polar surface area (TPSA) is 54.5 Å². The molecule has 0 bridgehead atoms. The SMILES string of the molecule is C=CCN(Cc1csc(COc2cccc(C)c2C)n1)C(=O)Nc1ccc(C)cc1. The first-order chi connectivity index (χ1) is 14.5. The van der Waals surface area contributed by atoms with E-state index in [9.17, 15) is 4.79 Å². The van der Waals surface area contributed by atoms with E-state index >= 15 is 0 Å². The van der Waals surface area contributed by atoms with Crippen molar-refractivity contribution in [3.8, 4) is 5.75 Å². The maximum absolute atomic E-state index is 12.7. The number of nitrogens with one attached hydrogen (secondary N) is 1. The van der Waals surface area contributed by atoms with Crippen LogP contribution in [0.3, 0.4) is 0 Å². The summed E-state index contributed by atoms with van der Waals surface area (Å²) >= 11 is 1.54. The second-order valence-electron chi connectivity index (χ2n) is 7.18. The van der Waals surface area contributed by atoms with E-state index in [2.05, 4.69) is 36.8 Å². The van der Waals surface area contributed by atoms with Gasteiger partial charge in [0.05, 0.1) is 12.2 Å². The zero-order chi connectivity index (χ0) is 21.5. The van der Waals surface area contributed by atoms with Crippen molar-refractivity contribution in [2.24, 2.45) is 0 Å². The van der Waals surface area contributed by atoms with Gasteiger partial charge in [-0.15, -0.1) is 17.9 Å². The Labute approximate surface area is 182 Å². The predicted molar refractivity (Wildman–Crippen MR) is 123 cm³/mol. The number of carbonyl (C=O) groups excluding carboxylic acids is 1. The lowest BCUT2D eigenvalue weighted by atomic mass is 10.1. The third-order valence-electron chi connectivity index (χ3n) is 4.80. The van der Waals surface area contributed by atoms with Gasteiger partial charge in [0, 0.05) is 17.6 Å². The van der Waals surface area contributed by atoms with E-state index in [1.54, 1.807) is 11.0 Å². The highest BCUT2D eigenvalue weighted by molar-refractivity contribution is 7.09. The van der Waals surface area contributed by atoms with Crippen molar-refractivity contribution in [3.05, 3.63) is 87.9 Å². The zero-order valence-corrected chi connectivity index (χ0v) is 18.5. The lowest BCUT2D eigenvalue weighted by molar-refractivity contribution is 0.214. The van der Waals surface area contributed by atoms with Gasteiger partial charge in [0.1, 0.15) is 17.4 Å². The summed E-state index contributed by atoms with van der Waals surface area (Å²) in [6, 6.07) is 13.6. The minimum atomic E-state index is -0.181. The summed E-state index contributed by atoms with van der Waals surface area (Å²) in [4.78, 5) is 19.0. The molecule has 30 heavy (non-hydrogen) atoms. The average Bonchev–Trinajstić information content (AvgIpc) is 3.18. The molecule has 5 nitrogen and oxygen atoms in total. The Morgan fingerprint density at radius 1 is 1.20 bits per heavy atom. The number of anilines is 1. The number of amides is 2. The number of aryl methyl sites for hydroxylation is 2. The molecule has 3 aromatic rings. The zero-order valence-electron chi connectivity index (χ0n) is 17.6. The summed E-state index contributed by atoms with van der Waals surface area (Å²) in [7, 11) is 0. The molecule has 0 saturated heterocycles. The Bertz CT molecular complexity index is 1010. The van der Waals surface area contributed by atoms with E-state index in [-0.39, 0.29) is 6.03 Å². The van der Waals surface area contributed by atoms with Crippen LogP contribution in [0.2, 0.25) is 0 Å². The van der Waals surface area contributed by atoms with Crippen LogP contribution >= 0.6 is 11.3 Å². The van der Waals surface area contributed by atoms with Gasteiger partial charge in [0.25, 0.3) is 0 Å². The first kappa shape index (κ1) is 21.6. The predicted octanol–water partition coefficient (Wildman–Crippen LogP) is 5.87. The first-order valence-corrected chi connectivity index (χ1v) is 10.7. The molecule has 6 heteroatoms. The number of carbonyl (C=O) groups is 1. The Balaban J connectivity index is 1.61. The average molecular weight is 422 g/mol. The Morgan fingerprint density at radius 2 is 1.97 bits per heavy atom. The first-order valence-electron chi connectivity index (χ1n) is 9.82. The summed E-state index contributed by atoms with van der Waals surface area (Å²) in [5, 5.41) is 5.78. The van der Waals surface area contributed by atoms with E-state index < -0.39 is 0 Å². The van der Waals surface area contributed by atoms with Crippen molar-refractivity contribution in [3.63, 3.8) is 0 Å². The van der Waals surface area contributed by atoms with Gasteiger partial charge in [-0.2, -0.15) is 0 Å². The smallest absolute Gasteiger partial charge is 0.322 e. The Hall–Kier alpha value is -3.12. The van der Waals surface area contributed by atoms with Crippen molar-refractivity contribution >= 4 is 23.1 Å². The molecule has 0 radical (unpaired) electrons. The minimum absolute atomic E-state index is 0.181. The molecule has 0 atom stereocenters. The number of benzene rings is 2. The third kappa shape index (κ3) is 5.70. The summed E-state index contributed by atoms with van der Waals surface area (Å²) in [6.45, 7) is 11.2. The van der Waals surface area contributed by atoms with Crippen molar-refractivity contribution in [1.29, 1.82) is 0 Å². The maximum atomic E-state index is 12.7. The van der Waals surface area contributed by atoms with E-state index in [1.807, 2.05) is 48.7 Å². The molecule has 3 rings (SSSR count). The van der Waals surface area contributed by atoms with Crippen LogP contribution in [0.15, 0.2) is 60.5 Å². The molecule has 156 valence electrons. The van der Waals surface area contributed by atoms with Gasteiger partial charge in [-0.25, -0.2) is 9.78 Å². The highest BCUT2D eigenvalue weighted by Crippen LogP contribution is 2.22. The molecular weight excluding hydrogens is 394 g/mol. The van der Waals surface area contributed by atoms with Crippen LogP contribution in [0.4, 0.5) is 10.5 Å². The quantitative estimate of drug-likeness (QED) is 0.463. The van der Waals surface area contributed by atoms with Crippen molar-refractivity contribution in [1.82, 2.24) is 9.88 Å². The number of ether oxygens (including phenoxy) is 1. The van der Waals surface area contributed by atoms with Gasteiger partial charge in [-0.3, -0.25) is 0 Å². The molecule has 0 unspecified atom stereocenters. The van der Waals surface area contributed by atoms with Crippen LogP contribution in [0.5, 0.6) is 5.75 Å². The number of urea groups is 1. The molecule has 2 aromatic carbocycles. The van der Waals surface area contributed by atoms with Crippen LogP contribution in [-0.2, 0) is 13.2 Å². The van der Waals surface area contributed by atoms with Crippen LogP contribution in [0.25, 0.3) is 0 Å². The number of nitrogens with zero attached hydrogens (tertiary/aromatic N) is 2. The number of rotatable bonds is 8. The molecule has 0 aliphatic heterocycles. The molecule has 0 spiro atoms. The summed E-state index contributed by atoms with van der Waals surface area (Å²) in [5.41, 5.74) is 5.08. The van der Waals surface area contributed by atoms with Gasteiger partial charge in [0.2, 0.25) is 0 Å². The molecule has 1 N–H and O–H groups in total. The van der Waals surface area contributed by atoms with Gasteiger partial charge < -0.3 is 15.0 Å². The molecular formula is C24H27N3O2S. The number of aromatic nitrogens is 1. The van der Waals surface area contributed by atoms with Crippen molar-refractivity contribution in [2.75, 3.05) is 11.9 Å². The number of hydrogen-bond donors (Lipinski definition) is 1. The lowest BCUT2D eigenvalue weighted by Gasteiger charge is -2.20. The maximum Gasteiger partial charge on any atom is 0.322 e. The summed E-state index contributed by atoms with van der Waals surface area (Å²) in [6.07, 6.45) is 1.71. The molecule has 2 amide bonds. The van der Waals surface area contributed by atoms with Gasteiger partial charge >= 0.3 is 6.03 Å². The highest BCUT2D eigenvalue weighted by atomic mass is 32.1. The fraction of sp³-hybridized carbons (Fsp3) is 0.250. The van der Waals surface area contributed by atoms with Crippen molar-refractivity contribution < 1.29 is 9.53 Å². The van der Waals surface area contributed by atoms with E-state index in [1.165, 1.54) is 16.9 Å². The largest absolute Gasteiger partial charge is 0.486 e. The summed E-state index contributed by atoms with van der Waals surface area (Å²) < 4.78 is 5.94. The molecule has 0 fully saturated rings. The normalized spacial score (nSPS) is 10.5. The molecule has 0 aliphatic rings. The monoisotopic (exact) mass is 421 g/mol. The molecule has 0 aliphatic carbocycles. The minimum Gasteiger partial charge on any atom is -0.486 e. The fourth-order valence-electron chi connectivity index (χ4n) is 2.92. The van der Waals surface area contributed by atoms with Gasteiger partial charge in [0.15, 0.2) is 0 Å². The van der Waals surface area contributed by atoms with Gasteiger partial charge in [-0.1, -0.05) is 35.9 Å². The van der Waals surface area contributed by atoms with Crippen LogP contribution in [-0.4, -0.2) is 22.5 Å². The Morgan fingerprint density at radius 3 is 2.70 bits per heavy atom. The number of hydrogen-bond acceptors (Lipinski definition) is 4. The molecule has 0 saturated carbocycles. The molecule has 1 aromatic heterocycles. The highest BCUT2D eigenvalue weighted by Gasteiger charge is 2.15. The summed E-state index contributed by atoms with van der Waals surface area (Å²) in [5.74, 6) is 0.873. The van der Waals surface area contributed by atoms with Crippen LogP contribution in [0.1, 0.15) is 27.4 Å². The second kappa shape index (κ2) is 10.1. The third-order valence-corrected chi connectivity index (χ3v) is 5.67. The van der Waals surface area contributed by atoms with Crippen LogP contribution < -0.4 is 10.1 Å². The van der Waals surface area contributed by atoms with E-state index in [0.717, 1.165) is 33.3 Å². The second-order valence-corrected chi connectivity index (χ2v) is 8.13. The standard InChI is InChI=1S/C24H27N3O2S/c1-5-13-27(24(28)26-20-11-9-17(2)10-12-20)14-21-16-30-23(25-21)15-29-22-8-6-7-18(3)19(22)4/h5-12,16H,1,13-15H2,2-4H3,(H,26,28). The van der Waals surface area contributed by atoms with Crippen molar-refractivity contribution in [2.45, 2.75) is 33.9 Å². The fourth-order valence-corrected chi connectivity index (χ4v) is 3.61. The van der Waals surface area contributed by atoms with E-state index in [4.69, 9.17) is 4.74 Å².